The van der Waals surface area contributed by atoms with Gasteiger partial charge in [0.15, 0.2) is 0 Å². The van der Waals surface area contributed by atoms with E-state index in [4.69, 9.17) is 9.47 Å². The van der Waals surface area contributed by atoms with Crippen molar-refractivity contribution in [3.8, 4) is 11.5 Å². The lowest BCUT2D eigenvalue weighted by atomic mass is 9.63. The average Bonchev–Trinajstić information content (AvgIpc) is 2.88. The van der Waals surface area contributed by atoms with Gasteiger partial charge < -0.3 is 9.47 Å². The molecule has 4 atom stereocenters. The number of rotatable bonds is 3. The Morgan fingerprint density at radius 1 is 0.957 bits per heavy atom. The lowest BCUT2D eigenvalue weighted by Crippen LogP contribution is -2.38. The van der Waals surface area contributed by atoms with Crippen molar-refractivity contribution in [3.05, 3.63) is 30.4 Å². The van der Waals surface area contributed by atoms with Gasteiger partial charge in [-0.05, 0) is 36.8 Å². The van der Waals surface area contributed by atoms with Crippen molar-refractivity contribution in [2.24, 2.45) is 23.7 Å². The monoisotopic (exact) mass is 313 g/mol. The number of ether oxygens (including phenoxy) is 2. The molecular formula is C18H19NO4. The van der Waals surface area contributed by atoms with Crippen LogP contribution in [-0.2, 0) is 9.59 Å². The number of hydrogen-bond acceptors (Lipinski definition) is 4. The number of imide groups is 1. The van der Waals surface area contributed by atoms with Crippen LogP contribution in [0.5, 0.6) is 11.5 Å². The van der Waals surface area contributed by atoms with Gasteiger partial charge in [0, 0.05) is 6.07 Å². The minimum absolute atomic E-state index is 0.106. The van der Waals surface area contributed by atoms with E-state index in [0.29, 0.717) is 17.2 Å². The van der Waals surface area contributed by atoms with Crippen molar-refractivity contribution in [2.45, 2.75) is 12.8 Å². The second-order valence-corrected chi connectivity index (χ2v) is 6.39. The Labute approximate surface area is 134 Å². The van der Waals surface area contributed by atoms with E-state index in [-0.39, 0.29) is 35.5 Å². The molecule has 2 amide bonds. The second-order valence-electron chi connectivity index (χ2n) is 6.39. The molecule has 0 N–H and O–H groups in total. The van der Waals surface area contributed by atoms with Crippen LogP contribution in [0.1, 0.15) is 12.8 Å². The number of hydrogen-bond donors (Lipinski definition) is 0. The standard InChI is InChI=1S/C18H19NO4/c1-22-12-7-8-14(23-2)13(9-12)19-17(20)15-10-3-4-11(6-5-10)16(15)18(19)21/h3-4,7-11,15-16H,5-6H2,1-2H3/t10-,11+,15-,16-/m0/s1. The van der Waals surface area contributed by atoms with Crippen LogP contribution in [0.25, 0.3) is 0 Å². The van der Waals surface area contributed by atoms with E-state index in [2.05, 4.69) is 12.2 Å². The Morgan fingerprint density at radius 2 is 1.57 bits per heavy atom. The van der Waals surface area contributed by atoms with Crippen molar-refractivity contribution in [2.75, 3.05) is 19.1 Å². The van der Waals surface area contributed by atoms with Crippen molar-refractivity contribution >= 4 is 17.5 Å². The Kier molecular flexibility index (Phi) is 3.18. The van der Waals surface area contributed by atoms with Crippen LogP contribution in [0.2, 0.25) is 0 Å². The normalized spacial score (nSPS) is 31.5. The minimum atomic E-state index is -0.220. The number of allylic oxidation sites excluding steroid dienone is 2. The molecular weight excluding hydrogens is 294 g/mol. The summed E-state index contributed by atoms with van der Waals surface area (Å²) in [5, 5.41) is 0. The van der Waals surface area contributed by atoms with Gasteiger partial charge in [0.1, 0.15) is 11.5 Å². The first-order chi connectivity index (χ1) is 11.2. The number of fused-ring (bicyclic) bond motifs is 1. The molecule has 1 aliphatic heterocycles. The zero-order valence-electron chi connectivity index (χ0n) is 13.2. The molecule has 5 heteroatoms. The maximum Gasteiger partial charge on any atom is 0.238 e. The quantitative estimate of drug-likeness (QED) is 0.635. The summed E-state index contributed by atoms with van der Waals surface area (Å²) in [6.07, 6.45) is 6.22. The van der Waals surface area contributed by atoms with E-state index in [9.17, 15) is 9.59 Å². The highest BCUT2D eigenvalue weighted by Gasteiger charge is 2.57. The zero-order chi connectivity index (χ0) is 16.1. The van der Waals surface area contributed by atoms with Crippen LogP contribution in [-0.4, -0.2) is 26.0 Å². The lowest BCUT2D eigenvalue weighted by molar-refractivity contribution is -0.124. The van der Waals surface area contributed by atoms with Gasteiger partial charge >= 0.3 is 0 Å². The summed E-state index contributed by atoms with van der Waals surface area (Å²) in [6, 6.07) is 5.18. The predicted octanol–water partition coefficient (Wildman–Crippen LogP) is 2.41. The second kappa shape index (κ2) is 5.11. The lowest BCUT2D eigenvalue weighted by Gasteiger charge is -2.38. The first kappa shape index (κ1) is 14.3. The summed E-state index contributed by atoms with van der Waals surface area (Å²) in [5.41, 5.74) is 0.482. The van der Waals surface area contributed by atoms with Crippen LogP contribution in [0, 0.1) is 23.7 Å². The molecule has 3 aliphatic carbocycles. The van der Waals surface area contributed by atoms with Gasteiger partial charge in [-0.25, -0.2) is 4.90 Å². The van der Waals surface area contributed by atoms with Gasteiger partial charge in [0.05, 0.1) is 31.7 Å². The molecule has 1 heterocycles. The van der Waals surface area contributed by atoms with Crippen molar-refractivity contribution in [1.29, 1.82) is 0 Å². The smallest absolute Gasteiger partial charge is 0.238 e. The number of methoxy groups -OCH3 is 2. The molecule has 0 aromatic heterocycles. The number of nitrogens with zero attached hydrogens (tertiary/aromatic N) is 1. The summed E-state index contributed by atoms with van der Waals surface area (Å²) >= 11 is 0. The molecule has 0 radical (unpaired) electrons. The molecule has 0 spiro atoms. The highest BCUT2D eigenvalue weighted by molar-refractivity contribution is 6.23. The third-order valence-corrected chi connectivity index (χ3v) is 5.39. The maximum atomic E-state index is 13.0. The molecule has 1 aromatic carbocycles. The Bertz CT molecular complexity index is 679. The SMILES string of the molecule is COc1ccc(OC)c(N2C(=O)[C@@H]3[C@@H](C2=O)[C@H]2C=C[C@@H]3CC2)c1. The van der Waals surface area contributed by atoms with Crippen molar-refractivity contribution in [1.82, 2.24) is 0 Å². The number of carbonyl (C=O) groups is 2. The Balaban J connectivity index is 1.79. The van der Waals surface area contributed by atoms with Crippen molar-refractivity contribution < 1.29 is 19.1 Å². The molecule has 2 bridgehead atoms. The minimum Gasteiger partial charge on any atom is -0.497 e. The number of amides is 2. The third kappa shape index (κ3) is 1.92. The fourth-order valence-corrected chi connectivity index (χ4v) is 4.28. The van der Waals surface area contributed by atoms with Crippen LogP contribution < -0.4 is 14.4 Å². The number of carbonyl (C=O) groups excluding carboxylic acids is 2. The number of anilines is 1. The van der Waals surface area contributed by atoms with E-state index in [0.717, 1.165) is 12.8 Å². The molecule has 5 rings (SSSR count). The van der Waals surface area contributed by atoms with Gasteiger partial charge in [0.25, 0.3) is 0 Å². The van der Waals surface area contributed by atoms with Crippen LogP contribution in [0.15, 0.2) is 30.4 Å². The molecule has 120 valence electrons. The number of benzene rings is 1. The Hall–Kier alpha value is -2.30. The first-order valence-electron chi connectivity index (χ1n) is 7.94. The van der Waals surface area contributed by atoms with Gasteiger partial charge in [-0.1, -0.05) is 12.2 Å². The average molecular weight is 313 g/mol. The largest absolute Gasteiger partial charge is 0.497 e. The van der Waals surface area contributed by atoms with Crippen LogP contribution >= 0.6 is 0 Å². The molecule has 0 unspecified atom stereocenters. The molecule has 23 heavy (non-hydrogen) atoms. The van der Waals surface area contributed by atoms with Crippen molar-refractivity contribution in [3.63, 3.8) is 0 Å². The summed E-state index contributed by atoms with van der Waals surface area (Å²) in [4.78, 5) is 27.3. The summed E-state index contributed by atoms with van der Waals surface area (Å²) in [5.74, 6) is 0.815. The van der Waals surface area contributed by atoms with Crippen LogP contribution in [0.3, 0.4) is 0 Å². The Morgan fingerprint density at radius 3 is 2.04 bits per heavy atom. The van der Waals surface area contributed by atoms with Gasteiger partial charge in [-0.3, -0.25) is 9.59 Å². The third-order valence-electron chi connectivity index (χ3n) is 5.39. The van der Waals surface area contributed by atoms with E-state index in [1.807, 2.05) is 0 Å². The van der Waals surface area contributed by atoms with E-state index in [1.54, 1.807) is 25.3 Å². The van der Waals surface area contributed by atoms with Gasteiger partial charge in [-0.2, -0.15) is 0 Å². The molecule has 2 fully saturated rings. The summed E-state index contributed by atoms with van der Waals surface area (Å²) in [6.45, 7) is 0. The topological polar surface area (TPSA) is 55.8 Å². The van der Waals surface area contributed by atoms with E-state index >= 15 is 0 Å². The zero-order valence-corrected chi connectivity index (χ0v) is 13.2. The summed E-state index contributed by atoms with van der Waals surface area (Å²) < 4.78 is 10.6. The van der Waals surface area contributed by atoms with Gasteiger partial charge in [-0.15, -0.1) is 0 Å². The predicted molar refractivity (Wildman–Crippen MR) is 84.4 cm³/mol. The highest BCUT2D eigenvalue weighted by Crippen LogP contribution is 2.51. The van der Waals surface area contributed by atoms with E-state index < -0.39 is 0 Å². The van der Waals surface area contributed by atoms with Gasteiger partial charge in [0.2, 0.25) is 11.8 Å². The molecule has 1 aromatic rings. The molecule has 5 nitrogen and oxygen atoms in total. The summed E-state index contributed by atoms with van der Waals surface area (Å²) in [7, 11) is 3.10. The molecule has 1 saturated carbocycles. The fraction of sp³-hybridized carbons (Fsp3) is 0.444. The first-order valence-corrected chi connectivity index (χ1v) is 7.94. The van der Waals surface area contributed by atoms with E-state index in [1.165, 1.54) is 12.0 Å². The highest BCUT2D eigenvalue weighted by atomic mass is 16.5. The fourth-order valence-electron chi connectivity index (χ4n) is 4.28. The van der Waals surface area contributed by atoms with Crippen LogP contribution in [0.4, 0.5) is 5.69 Å². The molecule has 4 aliphatic rings. The maximum absolute atomic E-state index is 13.0. The molecule has 1 saturated heterocycles.